The quantitative estimate of drug-likeness (QED) is 0.653. The number of benzene rings is 1. The molecule has 0 saturated heterocycles. The van der Waals surface area contributed by atoms with Crippen molar-refractivity contribution in [2.24, 2.45) is 0 Å². The molecule has 0 bridgehead atoms. The Balaban J connectivity index is 2.09. The van der Waals surface area contributed by atoms with Crippen LogP contribution in [-0.4, -0.2) is 19.4 Å². The van der Waals surface area contributed by atoms with Gasteiger partial charge in [-0.05, 0) is 12.1 Å². The smallest absolute Gasteiger partial charge is 0.231 e. The monoisotopic (exact) mass is 195 g/mol. The molecule has 2 rings (SSSR count). The van der Waals surface area contributed by atoms with Crippen LogP contribution in [0.1, 0.15) is 0 Å². The highest BCUT2D eigenvalue weighted by molar-refractivity contribution is 5.66. The van der Waals surface area contributed by atoms with Crippen LogP contribution < -0.4 is 19.3 Å². The van der Waals surface area contributed by atoms with Gasteiger partial charge < -0.3 is 24.1 Å². The van der Waals surface area contributed by atoms with Crippen molar-refractivity contribution in [3.8, 4) is 17.2 Å². The summed E-state index contributed by atoms with van der Waals surface area (Å²) in [6.45, 7) is -0.293. The third-order valence-corrected chi connectivity index (χ3v) is 1.70. The van der Waals surface area contributed by atoms with E-state index in [2.05, 4.69) is 0 Å². The predicted octanol–water partition coefficient (Wildman–Crippen LogP) is -0.456. The Morgan fingerprint density at radius 1 is 1.43 bits per heavy atom. The standard InChI is InChI=1S/C9H8O5/c10-9(11)4-12-6-1-2-7-8(3-6)14-5-13-7/h1-3H,4-5H2,(H,10,11)/p-1. The normalized spacial score (nSPS) is 12.6. The van der Waals surface area contributed by atoms with Gasteiger partial charge in [-0.1, -0.05) is 0 Å². The highest BCUT2D eigenvalue weighted by Crippen LogP contribution is 2.34. The second-order valence-electron chi connectivity index (χ2n) is 2.68. The van der Waals surface area contributed by atoms with E-state index in [-0.39, 0.29) is 6.79 Å². The van der Waals surface area contributed by atoms with Gasteiger partial charge in [-0.25, -0.2) is 0 Å². The van der Waals surface area contributed by atoms with Crippen LogP contribution in [0.3, 0.4) is 0 Å². The first-order valence-corrected chi connectivity index (χ1v) is 3.98. The zero-order chi connectivity index (χ0) is 9.97. The molecule has 1 aromatic carbocycles. The molecule has 0 fully saturated rings. The van der Waals surface area contributed by atoms with Crippen LogP contribution in [0.15, 0.2) is 18.2 Å². The van der Waals surface area contributed by atoms with E-state index in [1.807, 2.05) is 0 Å². The van der Waals surface area contributed by atoms with Crippen molar-refractivity contribution in [2.45, 2.75) is 0 Å². The van der Waals surface area contributed by atoms with Crippen molar-refractivity contribution in [1.82, 2.24) is 0 Å². The molecule has 74 valence electrons. The van der Waals surface area contributed by atoms with Gasteiger partial charge in [0.25, 0.3) is 0 Å². The first-order valence-electron chi connectivity index (χ1n) is 3.98. The SMILES string of the molecule is O=C([O-])COc1ccc2c(c1)OCO2. The minimum atomic E-state index is -1.26. The fourth-order valence-corrected chi connectivity index (χ4v) is 1.11. The summed E-state index contributed by atoms with van der Waals surface area (Å²) >= 11 is 0. The minimum absolute atomic E-state index is 0.180. The number of rotatable bonds is 3. The van der Waals surface area contributed by atoms with E-state index < -0.39 is 12.6 Å². The summed E-state index contributed by atoms with van der Waals surface area (Å²) in [5.41, 5.74) is 0. The number of carboxylic acid groups (broad SMARTS) is 1. The Bertz CT molecular complexity index is 360. The zero-order valence-electron chi connectivity index (χ0n) is 7.19. The number of hydrogen-bond donors (Lipinski definition) is 0. The summed E-state index contributed by atoms with van der Waals surface area (Å²) in [4.78, 5) is 10.1. The molecule has 0 spiro atoms. The number of hydrogen-bond acceptors (Lipinski definition) is 5. The first kappa shape index (κ1) is 8.68. The summed E-state index contributed by atoms with van der Waals surface area (Å²) in [5, 5.41) is 10.1. The van der Waals surface area contributed by atoms with Crippen molar-refractivity contribution in [2.75, 3.05) is 13.4 Å². The summed E-state index contributed by atoms with van der Waals surface area (Å²) in [6, 6.07) is 4.84. The van der Waals surface area contributed by atoms with Crippen LogP contribution in [0.2, 0.25) is 0 Å². The lowest BCUT2D eigenvalue weighted by Gasteiger charge is -2.06. The van der Waals surface area contributed by atoms with Crippen LogP contribution in [0, 0.1) is 0 Å². The second kappa shape index (κ2) is 3.45. The lowest BCUT2D eigenvalue weighted by Crippen LogP contribution is -2.28. The van der Waals surface area contributed by atoms with Crippen LogP contribution in [0.4, 0.5) is 0 Å². The van der Waals surface area contributed by atoms with Crippen molar-refractivity contribution >= 4 is 5.97 Å². The van der Waals surface area contributed by atoms with Gasteiger partial charge in [-0.3, -0.25) is 0 Å². The molecule has 5 heteroatoms. The molecule has 0 saturated carbocycles. The van der Waals surface area contributed by atoms with Gasteiger partial charge in [-0.15, -0.1) is 0 Å². The molecule has 0 aromatic heterocycles. The van der Waals surface area contributed by atoms with E-state index in [1.54, 1.807) is 18.2 Å². The molecule has 1 aromatic rings. The highest BCUT2D eigenvalue weighted by atomic mass is 16.7. The largest absolute Gasteiger partial charge is 0.546 e. The first-order chi connectivity index (χ1) is 6.75. The summed E-state index contributed by atoms with van der Waals surface area (Å²) < 4.78 is 15.0. The average Bonchev–Trinajstić information content (AvgIpc) is 2.61. The topological polar surface area (TPSA) is 67.8 Å². The minimum Gasteiger partial charge on any atom is -0.546 e. The number of fused-ring (bicyclic) bond motifs is 1. The van der Waals surface area contributed by atoms with E-state index in [4.69, 9.17) is 14.2 Å². The Morgan fingerprint density at radius 3 is 3.00 bits per heavy atom. The number of ether oxygens (including phenoxy) is 3. The van der Waals surface area contributed by atoms with Crippen LogP contribution >= 0.6 is 0 Å². The van der Waals surface area contributed by atoms with E-state index in [0.29, 0.717) is 17.2 Å². The van der Waals surface area contributed by atoms with Gasteiger partial charge in [0.05, 0.1) is 5.97 Å². The average molecular weight is 195 g/mol. The summed E-state index contributed by atoms with van der Waals surface area (Å²) in [6.07, 6.45) is 0. The lowest BCUT2D eigenvalue weighted by atomic mass is 10.3. The van der Waals surface area contributed by atoms with E-state index in [9.17, 15) is 9.90 Å². The van der Waals surface area contributed by atoms with Gasteiger partial charge >= 0.3 is 0 Å². The van der Waals surface area contributed by atoms with Gasteiger partial charge in [0.1, 0.15) is 12.4 Å². The summed E-state index contributed by atoms with van der Waals surface area (Å²) in [5.74, 6) is 0.341. The van der Waals surface area contributed by atoms with Gasteiger partial charge in [0.15, 0.2) is 11.5 Å². The zero-order valence-corrected chi connectivity index (χ0v) is 7.19. The molecule has 0 aliphatic carbocycles. The molecule has 0 atom stereocenters. The third-order valence-electron chi connectivity index (χ3n) is 1.70. The number of carboxylic acids is 1. The molecule has 1 aliphatic heterocycles. The Morgan fingerprint density at radius 2 is 2.21 bits per heavy atom. The lowest BCUT2D eigenvalue weighted by molar-refractivity contribution is -0.307. The molecule has 0 radical (unpaired) electrons. The van der Waals surface area contributed by atoms with E-state index in [1.165, 1.54) is 0 Å². The van der Waals surface area contributed by atoms with Crippen molar-refractivity contribution in [1.29, 1.82) is 0 Å². The molecule has 1 heterocycles. The molecule has 14 heavy (non-hydrogen) atoms. The van der Waals surface area contributed by atoms with Crippen LogP contribution in [0.5, 0.6) is 17.2 Å². The third kappa shape index (κ3) is 1.71. The maximum Gasteiger partial charge on any atom is 0.231 e. The van der Waals surface area contributed by atoms with Gasteiger partial charge in [-0.2, -0.15) is 0 Å². The van der Waals surface area contributed by atoms with Crippen molar-refractivity contribution in [3.63, 3.8) is 0 Å². The molecule has 0 N–H and O–H groups in total. The Hall–Kier alpha value is -1.91. The fraction of sp³-hybridized carbons (Fsp3) is 0.222. The molecule has 1 aliphatic rings. The van der Waals surface area contributed by atoms with Crippen LogP contribution in [-0.2, 0) is 4.79 Å². The van der Waals surface area contributed by atoms with Crippen molar-refractivity contribution < 1.29 is 24.1 Å². The molecule has 0 unspecified atom stereocenters. The van der Waals surface area contributed by atoms with E-state index in [0.717, 1.165) is 0 Å². The predicted molar refractivity (Wildman–Crippen MR) is 43.1 cm³/mol. The number of carbonyl (C=O) groups excluding carboxylic acids is 1. The van der Waals surface area contributed by atoms with Gasteiger partial charge in [0.2, 0.25) is 6.79 Å². The molecular formula is C9H7O5-. The maximum absolute atomic E-state index is 10.1. The summed E-state index contributed by atoms with van der Waals surface area (Å²) in [7, 11) is 0. The molecule has 5 nitrogen and oxygen atoms in total. The molecule has 0 amide bonds. The van der Waals surface area contributed by atoms with Crippen LogP contribution in [0.25, 0.3) is 0 Å². The van der Waals surface area contributed by atoms with E-state index >= 15 is 0 Å². The highest BCUT2D eigenvalue weighted by Gasteiger charge is 2.13. The Labute approximate surface area is 79.8 Å². The van der Waals surface area contributed by atoms with Crippen molar-refractivity contribution in [3.05, 3.63) is 18.2 Å². The fourth-order valence-electron chi connectivity index (χ4n) is 1.11. The number of aliphatic carboxylic acids is 1. The Kier molecular flexibility index (Phi) is 2.14. The second-order valence-corrected chi connectivity index (χ2v) is 2.68. The van der Waals surface area contributed by atoms with Gasteiger partial charge in [0, 0.05) is 6.07 Å². The maximum atomic E-state index is 10.1. The molecular weight excluding hydrogens is 188 g/mol. The number of carbonyl (C=O) groups is 1.